The zero-order valence-corrected chi connectivity index (χ0v) is 19.8. The summed E-state index contributed by atoms with van der Waals surface area (Å²) in [7, 11) is 0. The van der Waals surface area contributed by atoms with E-state index in [1.807, 2.05) is 24.3 Å². The quantitative estimate of drug-likeness (QED) is 0.363. The lowest BCUT2D eigenvalue weighted by Gasteiger charge is -2.21. The number of rotatable bonds is 7. The molecule has 3 aromatic carbocycles. The second kappa shape index (κ2) is 9.61. The van der Waals surface area contributed by atoms with Gasteiger partial charge in [-0.1, -0.05) is 92.2 Å². The van der Waals surface area contributed by atoms with Crippen molar-refractivity contribution in [2.75, 3.05) is 5.32 Å². The molecule has 0 saturated carbocycles. The Hall–Kier alpha value is -2.39. The molecule has 0 spiro atoms. The van der Waals surface area contributed by atoms with Crippen LogP contribution in [0.3, 0.4) is 0 Å². The molecule has 2 nitrogen and oxygen atoms in total. The van der Waals surface area contributed by atoms with E-state index in [0.717, 1.165) is 27.7 Å². The average molecular weight is 464 g/mol. The second-order valence-electron chi connectivity index (χ2n) is 8.76. The van der Waals surface area contributed by atoms with Crippen LogP contribution in [0.2, 0.25) is 0 Å². The first-order chi connectivity index (χ1) is 14.3. The van der Waals surface area contributed by atoms with E-state index in [-0.39, 0.29) is 17.2 Å². The Morgan fingerprint density at radius 1 is 0.967 bits per heavy atom. The summed E-state index contributed by atoms with van der Waals surface area (Å²) >= 11 is 3.56. The van der Waals surface area contributed by atoms with Gasteiger partial charge < -0.3 is 5.32 Å². The average Bonchev–Trinajstić information content (AvgIpc) is 2.73. The third-order valence-electron chi connectivity index (χ3n) is 5.42. The maximum absolute atomic E-state index is 13.1. The summed E-state index contributed by atoms with van der Waals surface area (Å²) in [6, 6.07) is 24.5. The Bertz CT molecular complexity index is 985. The first kappa shape index (κ1) is 22.3. The number of Topliss-reactive ketones (excluding diaryl/α,β-unsaturated/α-hetero) is 1. The number of nitrogens with one attached hydrogen (secondary N) is 1. The number of carbonyl (C=O) groups excluding carboxylic acids is 1. The number of hydrogen-bond acceptors (Lipinski definition) is 2. The third kappa shape index (κ3) is 5.82. The summed E-state index contributed by atoms with van der Waals surface area (Å²) in [5.74, 6) is 0.137. The molecule has 1 unspecified atom stereocenters. The predicted octanol–water partition coefficient (Wildman–Crippen LogP) is 7.74. The number of aryl methyl sites for hydroxylation is 1. The normalized spacial score (nSPS) is 12.4. The molecule has 0 saturated heterocycles. The van der Waals surface area contributed by atoms with Gasteiger partial charge >= 0.3 is 0 Å². The molecular weight excluding hydrogens is 434 g/mol. The predicted molar refractivity (Wildman–Crippen MR) is 130 cm³/mol. The Labute approximate surface area is 188 Å². The highest BCUT2D eigenvalue weighted by atomic mass is 79.9. The van der Waals surface area contributed by atoms with Crippen molar-refractivity contribution in [1.82, 2.24) is 0 Å². The van der Waals surface area contributed by atoms with Gasteiger partial charge in [0, 0.05) is 22.1 Å². The van der Waals surface area contributed by atoms with Crippen LogP contribution in [0.1, 0.15) is 67.2 Å². The molecule has 0 heterocycles. The number of anilines is 1. The van der Waals surface area contributed by atoms with Crippen molar-refractivity contribution in [3.8, 4) is 0 Å². The molecule has 30 heavy (non-hydrogen) atoms. The number of halogens is 1. The van der Waals surface area contributed by atoms with Gasteiger partial charge in [0.2, 0.25) is 0 Å². The van der Waals surface area contributed by atoms with Crippen molar-refractivity contribution >= 4 is 27.4 Å². The topological polar surface area (TPSA) is 29.1 Å². The fourth-order valence-electron chi connectivity index (χ4n) is 3.47. The lowest BCUT2D eigenvalue weighted by atomic mass is 9.86. The van der Waals surface area contributed by atoms with Gasteiger partial charge in [0.15, 0.2) is 5.78 Å². The second-order valence-corrected chi connectivity index (χ2v) is 9.67. The molecule has 0 fully saturated rings. The third-order valence-corrected chi connectivity index (χ3v) is 5.91. The number of hydrogen-bond donors (Lipinski definition) is 1. The van der Waals surface area contributed by atoms with Crippen LogP contribution in [-0.4, -0.2) is 5.78 Å². The summed E-state index contributed by atoms with van der Waals surface area (Å²) in [5.41, 5.74) is 5.47. The summed E-state index contributed by atoms with van der Waals surface area (Å²) in [4.78, 5) is 13.1. The molecular formula is C27H30BrNO. The van der Waals surface area contributed by atoms with Gasteiger partial charge in [-0.15, -0.1) is 0 Å². The lowest BCUT2D eigenvalue weighted by Crippen LogP contribution is -2.16. The molecule has 0 amide bonds. The van der Waals surface area contributed by atoms with E-state index in [9.17, 15) is 4.79 Å². The van der Waals surface area contributed by atoms with Crippen LogP contribution in [0, 0.1) is 0 Å². The fourth-order valence-corrected chi connectivity index (χ4v) is 3.89. The van der Waals surface area contributed by atoms with Crippen molar-refractivity contribution in [2.24, 2.45) is 0 Å². The van der Waals surface area contributed by atoms with Gasteiger partial charge in [-0.05, 0) is 52.8 Å². The Balaban J connectivity index is 1.83. The standard InChI is InChI=1S/C27H30BrNO/c1-5-19-9-15-24(16-10-19)29-25(21-7-6-8-23(28)17-21)18-26(30)20-11-13-22(14-12-20)27(2,3)4/h6-17,25,29H,5,18H2,1-4H3. The number of ketones is 1. The van der Waals surface area contributed by atoms with Crippen molar-refractivity contribution in [1.29, 1.82) is 0 Å². The molecule has 0 aliphatic rings. The monoisotopic (exact) mass is 463 g/mol. The van der Waals surface area contributed by atoms with Crippen molar-refractivity contribution in [3.05, 3.63) is 99.5 Å². The van der Waals surface area contributed by atoms with Gasteiger partial charge in [-0.3, -0.25) is 4.79 Å². The van der Waals surface area contributed by atoms with Crippen molar-refractivity contribution < 1.29 is 4.79 Å². The molecule has 0 aromatic heterocycles. The van der Waals surface area contributed by atoms with Gasteiger partial charge in [-0.25, -0.2) is 0 Å². The van der Waals surface area contributed by atoms with Crippen LogP contribution in [0.5, 0.6) is 0 Å². The SMILES string of the molecule is CCc1ccc(NC(CC(=O)c2ccc(C(C)(C)C)cc2)c2cccc(Br)c2)cc1. The van der Waals surface area contributed by atoms with E-state index in [2.05, 4.69) is 97.5 Å². The van der Waals surface area contributed by atoms with Crippen molar-refractivity contribution in [3.63, 3.8) is 0 Å². The first-order valence-electron chi connectivity index (χ1n) is 10.5. The molecule has 3 rings (SSSR count). The van der Waals surface area contributed by atoms with E-state index in [1.165, 1.54) is 11.1 Å². The van der Waals surface area contributed by atoms with Gasteiger partial charge in [0.05, 0.1) is 6.04 Å². The minimum absolute atomic E-state index is 0.0760. The maximum atomic E-state index is 13.1. The van der Waals surface area contributed by atoms with E-state index >= 15 is 0 Å². The molecule has 3 aromatic rings. The van der Waals surface area contributed by atoms with Gasteiger partial charge in [-0.2, -0.15) is 0 Å². The Kier molecular flexibility index (Phi) is 7.14. The zero-order chi connectivity index (χ0) is 21.7. The summed E-state index contributed by atoms with van der Waals surface area (Å²) in [6.07, 6.45) is 1.40. The molecule has 1 atom stereocenters. The smallest absolute Gasteiger partial charge is 0.165 e. The number of carbonyl (C=O) groups is 1. The van der Waals surface area contributed by atoms with Crippen molar-refractivity contribution in [2.45, 2.75) is 52.0 Å². The molecule has 0 aliphatic heterocycles. The van der Waals surface area contributed by atoms with Crippen LogP contribution in [0.25, 0.3) is 0 Å². The minimum atomic E-state index is -0.107. The number of benzene rings is 3. The minimum Gasteiger partial charge on any atom is -0.378 e. The van der Waals surface area contributed by atoms with Gasteiger partial charge in [0.1, 0.15) is 0 Å². The first-order valence-corrected chi connectivity index (χ1v) is 11.3. The highest BCUT2D eigenvalue weighted by Crippen LogP contribution is 2.28. The molecule has 156 valence electrons. The summed E-state index contributed by atoms with van der Waals surface area (Å²) in [6.45, 7) is 8.69. The lowest BCUT2D eigenvalue weighted by molar-refractivity contribution is 0.0976. The fraction of sp³-hybridized carbons (Fsp3) is 0.296. The maximum Gasteiger partial charge on any atom is 0.165 e. The van der Waals surface area contributed by atoms with E-state index < -0.39 is 0 Å². The van der Waals surface area contributed by atoms with Crippen LogP contribution in [0.15, 0.2) is 77.3 Å². The molecule has 0 radical (unpaired) electrons. The van der Waals surface area contributed by atoms with Crippen LogP contribution in [0.4, 0.5) is 5.69 Å². The summed E-state index contributed by atoms with van der Waals surface area (Å²) < 4.78 is 1.01. The zero-order valence-electron chi connectivity index (χ0n) is 18.2. The Morgan fingerprint density at radius 2 is 1.63 bits per heavy atom. The van der Waals surface area contributed by atoms with E-state index in [4.69, 9.17) is 0 Å². The van der Waals surface area contributed by atoms with Crippen LogP contribution >= 0.6 is 15.9 Å². The van der Waals surface area contributed by atoms with Crippen LogP contribution < -0.4 is 5.32 Å². The summed E-state index contributed by atoms with van der Waals surface area (Å²) in [5, 5.41) is 3.57. The highest BCUT2D eigenvalue weighted by molar-refractivity contribution is 9.10. The van der Waals surface area contributed by atoms with Crippen LogP contribution in [-0.2, 0) is 11.8 Å². The van der Waals surface area contributed by atoms with Gasteiger partial charge in [0.25, 0.3) is 0 Å². The van der Waals surface area contributed by atoms with E-state index in [0.29, 0.717) is 6.42 Å². The molecule has 0 bridgehead atoms. The molecule has 3 heteroatoms. The molecule has 1 N–H and O–H groups in total. The molecule has 0 aliphatic carbocycles. The van der Waals surface area contributed by atoms with E-state index in [1.54, 1.807) is 0 Å². The largest absolute Gasteiger partial charge is 0.378 e. The Morgan fingerprint density at radius 3 is 2.20 bits per heavy atom. The highest BCUT2D eigenvalue weighted by Gasteiger charge is 2.19.